The van der Waals surface area contributed by atoms with Gasteiger partial charge in [-0.1, -0.05) is 55.8 Å². The van der Waals surface area contributed by atoms with Crippen molar-refractivity contribution in [3.05, 3.63) is 70.9 Å². The maximum atomic E-state index is 12.5. The Balaban J connectivity index is 1.67. The molecule has 0 aliphatic heterocycles. The van der Waals surface area contributed by atoms with E-state index in [-0.39, 0.29) is 11.3 Å². The Morgan fingerprint density at radius 2 is 1.80 bits per heavy atom. The van der Waals surface area contributed by atoms with Crippen molar-refractivity contribution in [3.8, 4) is 0 Å². The molecule has 1 aromatic heterocycles. The van der Waals surface area contributed by atoms with Crippen molar-refractivity contribution in [1.82, 2.24) is 9.88 Å². The molecular formula is C21H23ClN2O. The number of nitrogens with one attached hydrogen (secondary N) is 1. The number of fused-ring (bicyclic) bond motifs is 1. The summed E-state index contributed by atoms with van der Waals surface area (Å²) in [5.41, 5.74) is 3.20. The Hall–Kier alpha value is -2.26. The highest BCUT2D eigenvalue weighted by atomic mass is 35.5. The summed E-state index contributed by atoms with van der Waals surface area (Å²) < 4.78 is 2.07. The van der Waals surface area contributed by atoms with Crippen LogP contribution in [0.2, 0.25) is 5.02 Å². The normalized spacial score (nSPS) is 11.7. The highest BCUT2D eigenvalue weighted by Gasteiger charge is 2.21. The van der Waals surface area contributed by atoms with Crippen LogP contribution in [0.5, 0.6) is 0 Å². The molecule has 0 atom stereocenters. The number of carbonyl (C=O) groups is 1. The number of benzene rings is 2. The second-order valence-electron chi connectivity index (χ2n) is 7.13. The molecule has 130 valence electrons. The van der Waals surface area contributed by atoms with Gasteiger partial charge in [-0.05, 0) is 29.3 Å². The lowest BCUT2D eigenvalue weighted by molar-refractivity contribution is -0.120. The van der Waals surface area contributed by atoms with Gasteiger partial charge in [0.2, 0.25) is 5.91 Å². The molecule has 0 radical (unpaired) electrons. The fourth-order valence-corrected chi connectivity index (χ4v) is 3.25. The van der Waals surface area contributed by atoms with Crippen LogP contribution in [0.1, 0.15) is 25.0 Å². The third kappa shape index (κ3) is 3.88. The SMILES string of the molecule is Cn1cc(CC(=O)NCC(C)(C)c2ccc(Cl)cc2)c2ccccc21. The smallest absolute Gasteiger partial charge is 0.224 e. The molecular weight excluding hydrogens is 332 g/mol. The molecule has 0 bridgehead atoms. The van der Waals surface area contributed by atoms with Gasteiger partial charge in [0.15, 0.2) is 0 Å². The first-order chi connectivity index (χ1) is 11.9. The lowest BCUT2D eigenvalue weighted by Gasteiger charge is -2.25. The molecule has 3 aromatic rings. The molecule has 0 aliphatic carbocycles. The predicted molar refractivity (Wildman–Crippen MR) is 104 cm³/mol. The zero-order chi connectivity index (χ0) is 18.0. The number of aromatic nitrogens is 1. The van der Waals surface area contributed by atoms with Crippen LogP contribution in [0, 0.1) is 0 Å². The van der Waals surface area contributed by atoms with Gasteiger partial charge in [0.25, 0.3) is 0 Å². The summed E-state index contributed by atoms with van der Waals surface area (Å²) in [6.45, 7) is 4.82. The molecule has 4 heteroatoms. The minimum Gasteiger partial charge on any atom is -0.355 e. The van der Waals surface area contributed by atoms with Gasteiger partial charge in [0, 0.05) is 41.1 Å². The van der Waals surface area contributed by atoms with E-state index in [0.29, 0.717) is 13.0 Å². The van der Waals surface area contributed by atoms with Crippen LogP contribution in [0.3, 0.4) is 0 Å². The highest BCUT2D eigenvalue weighted by Crippen LogP contribution is 2.24. The number of hydrogen-bond donors (Lipinski definition) is 1. The number of rotatable bonds is 5. The fraction of sp³-hybridized carbons (Fsp3) is 0.286. The molecule has 1 heterocycles. The number of amides is 1. The predicted octanol–water partition coefficient (Wildman–Crippen LogP) is 4.47. The molecule has 3 rings (SSSR count). The van der Waals surface area contributed by atoms with Crippen molar-refractivity contribution in [2.24, 2.45) is 7.05 Å². The van der Waals surface area contributed by atoms with E-state index in [1.165, 1.54) is 0 Å². The van der Waals surface area contributed by atoms with E-state index in [2.05, 4.69) is 35.9 Å². The number of aryl methyl sites for hydroxylation is 1. The van der Waals surface area contributed by atoms with Gasteiger partial charge in [-0.15, -0.1) is 0 Å². The minimum absolute atomic E-state index is 0.0402. The van der Waals surface area contributed by atoms with Crippen LogP contribution in [-0.2, 0) is 23.7 Å². The zero-order valence-corrected chi connectivity index (χ0v) is 15.6. The Kier molecular flexibility index (Phi) is 4.87. The summed E-state index contributed by atoms with van der Waals surface area (Å²) in [5, 5.41) is 4.94. The first-order valence-electron chi connectivity index (χ1n) is 8.42. The summed E-state index contributed by atoms with van der Waals surface area (Å²) in [4.78, 5) is 12.5. The van der Waals surface area contributed by atoms with Crippen LogP contribution < -0.4 is 5.32 Å². The second-order valence-corrected chi connectivity index (χ2v) is 7.56. The fourth-order valence-electron chi connectivity index (χ4n) is 3.12. The number of carbonyl (C=O) groups excluding carboxylic acids is 1. The summed E-state index contributed by atoms with van der Waals surface area (Å²) in [7, 11) is 2.01. The third-order valence-corrected chi connectivity index (χ3v) is 4.94. The summed E-state index contributed by atoms with van der Waals surface area (Å²) in [6.07, 6.45) is 2.42. The monoisotopic (exact) mass is 354 g/mol. The van der Waals surface area contributed by atoms with Crippen molar-refractivity contribution in [2.45, 2.75) is 25.7 Å². The van der Waals surface area contributed by atoms with Crippen LogP contribution in [0.25, 0.3) is 10.9 Å². The van der Waals surface area contributed by atoms with Gasteiger partial charge in [-0.25, -0.2) is 0 Å². The average Bonchev–Trinajstić information content (AvgIpc) is 2.90. The number of hydrogen-bond acceptors (Lipinski definition) is 1. The van der Waals surface area contributed by atoms with Gasteiger partial charge in [-0.3, -0.25) is 4.79 Å². The minimum atomic E-state index is -0.154. The van der Waals surface area contributed by atoms with Crippen molar-refractivity contribution in [2.75, 3.05) is 6.54 Å². The molecule has 0 saturated heterocycles. The van der Waals surface area contributed by atoms with Crippen molar-refractivity contribution < 1.29 is 4.79 Å². The van der Waals surface area contributed by atoms with Gasteiger partial charge >= 0.3 is 0 Å². The van der Waals surface area contributed by atoms with E-state index in [4.69, 9.17) is 11.6 Å². The molecule has 0 aliphatic rings. The van der Waals surface area contributed by atoms with Crippen molar-refractivity contribution in [3.63, 3.8) is 0 Å². The molecule has 0 spiro atoms. The molecule has 1 amide bonds. The first kappa shape index (κ1) is 17.6. The van der Waals surface area contributed by atoms with Crippen molar-refractivity contribution in [1.29, 1.82) is 0 Å². The van der Waals surface area contributed by atoms with Crippen LogP contribution in [-0.4, -0.2) is 17.0 Å². The molecule has 2 aromatic carbocycles. The zero-order valence-electron chi connectivity index (χ0n) is 14.8. The van der Waals surface area contributed by atoms with Gasteiger partial charge in [-0.2, -0.15) is 0 Å². The number of halogens is 1. The standard InChI is InChI=1S/C21H23ClN2O/c1-21(2,16-8-10-17(22)11-9-16)14-23-20(25)12-15-13-24(3)19-7-5-4-6-18(15)19/h4-11,13H,12,14H2,1-3H3,(H,23,25). The summed E-state index contributed by atoms with van der Waals surface area (Å²) >= 11 is 5.96. The average molecular weight is 355 g/mol. The number of para-hydroxylation sites is 1. The van der Waals surface area contributed by atoms with Crippen LogP contribution in [0.4, 0.5) is 0 Å². The largest absolute Gasteiger partial charge is 0.355 e. The van der Waals surface area contributed by atoms with E-state index in [0.717, 1.165) is 27.1 Å². The quantitative estimate of drug-likeness (QED) is 0.720. The molecule has 25 heavy (non-hydrogen) atoms. The van der Waals surface area contributed by atoms with E-state index >= 15 is 0 Å². The molecule has 1 N–H and O–H groups in total. The lowest BCUT2D eigenvalue weighted by Crippen LogP contribution is -2.37. The van der Waals surface area contributed by atoms with Crippen LogP contribution >= 0.6 is 11.6 Å². The highest BCUT2D eigenvalue weighted by molar-refractivity contribution is 6.30. The van der Waals surface area contributed by atoms with Gasteiger partial charge in [0.1, 0.15) is 0 Å². The Labute approximate surface area is 153 Å². The molecule has 0 saturated carbocycles. The molecule has 0 fully saturated rings. The second kappa shape index (κ2) is 6.93. The van der Waals surface area contributed by atoms with Gasteiger partial charge in [0.05, 0.1) is 6.42 Å². The van der Waals surface area contributed by atoms with Crippen LogP contribution in [0.15, 0.2) is 54.7 Å². The number of nitrogens with zero attached hydrogens (tertiary/aromatic N) is 1. The topological polar surface area (TPSA) is 34.0 Å². The van der Waals surface area contributed by atoms with Gasteiger partial charge < -0.3 is 9.88 Å². The summed E-state index contributed by atoms with van der Waals surface area (Å²) in [6, 6.07) is 16.0. The van der Waals surface area contributed by atoms with E-state index in [1.807, 2.05) is 49.6 Å². The van der Waals surface area contributed by atoms with E-state index in [9.17, 15) is 4.79 Å². The Bertz CT molecular complexity index is 894. The Morgan fingerprint density at radius 3 is 2.52 bits per heavy atom. The lowest BCUT2D eigenvalue weighted by atomic mass is 9.84. The van der Waals surface area contributed by atoms with Crippen molar-refractivity contribution >= 4 is 28.4 Å². The molecule has 3 nitrogen and oxygen atoms in total. The molecule has 0 unspecified atom stereocenters. The van der Waals surface area contributed by atoms with E-state index in [1.54, 1.807) is 0 Å². The third-order valence-electron chi connectivity index (χ3n) is 4.68. The van der Waals surface area contributed by atoms with E-state index < -0.39 is 0 Å². The Morgan fingerprint density at radius 1 is 1.12 bits per heavy atom. The first-order valence-corrected chi connectivity index (χ1v) is 8.80. The maximum absolute atomic E-state index is 12.5. The maximum Gasteiger partial charge on any atom is 0.224 e. The summed E-state index contributed by atoms with van der Waals surface area (Å²) in [5.74, 6) is 0.0402.